The van der Waals surface area contributed by atoms with Gasteiger partial charge in [0.1, 0.15) is 5.75 Å². The molecule has 0 atom stereocenters. The van der Waals surface area contributed by atoms with Gasteiger partial charge in [-0.2, -0.15) is 0 Å². The zero-order valence-corrected chi connectivity index (χ0v) is 18.3. The quantitative estimate of drug-likeness (QED) is 0.362. The molecule has 0 radical (unpaired) electrons. The zero-order chi connectivity index (χ0) is 21.8. The second kappa shape index (κ2) is 12.6. The van der Waals surface area contributed by atoms with Gasteiger partial charge in [0.15, 0.2) is 5.11 Å². The number of carbonyl (C=O) groups excluding carboxylic acids is 2. The molecular formula is C23H29N3O3S. The number of thiocarbonyl (C=S) groups is 1. The van der Waals surface area contributed by atoms with E-state index in [1.165, 1.54) is 0 Å². The zero-order valence-electron chi connectivity index (χ0n) is 17.5. The van der Waals surface area contributed by atoms with Crippen LogP contribution in [0.3, 0.4) is 0 Å². The Morgan fingerprint density at radius 3 is 2.37 bits per heavy atom. The molecule has 6 nitrogen and oxygen atoms in total. The molecule has 0 unspecified atom stereocenters. The van der Waals surface area contributed by atoms with Crippen LogP contribution in [0, 0.1) is 0 Å². The molecule has 0 saturated carbocycles. The fourth-order valence-electron chi connectivity index (χ4n) is 2.63. The first-order valence-electron chi connectivity index (χ1n) is 10.3. The van der Waals surface area contributed by atoms with Crippen molar-refractivity contribution in [2.75, 3.05) is 17.2 Å². The number of rotatable bonds is 10. The molecule has 0 heterocycles. The third kappa shape index (κ3) is 8.21. The fraction of sp³-hybridized carbons (Fsp3) is 0.348. The van der Waals surface area contributed by atoms with Gasteiger partial charge in [-0.15, -0.1) is 0 Å². The number of hydrogen-bond acceptors (Lipinski definition) is 4. The number of anilines is 2. The predicted molar refractivity (Wildman–Crippen MR) is 125 cm³/mol. The van der Waals surface area contributed by atoms with Crippen molar-refractivity contribution >= 4 is 40.5 Å². The van der Waals surface area contributed by atoms with Crippen LogP contribution in [0.1, 0.15) is 56.3 Å². The van der Waals surface area contributed by atoms with Gasteiger partial charge in [-0.1, -0.05) is 38.8 Å². The first kappa shape index (κ1) is 23.3. The maximum absolute atomic E-state index is 12.5. The van der Waals surface area contributed by atoms with E-state index in [-0.39, 0.29) is 16.9 Å². The summed E-state index contributed by atoms with van der Waals surface area (Å²) < 4.78 is 5.64. The van der Waals surface area contributed by atoms with Gasteiger partial charge in [0.25, 0.3) is 5.91 Å². The van der Waals surface area contributed by atoms with E-state index in [4.69, 9.17) is 17.0 Å². The first-order valence-corrected chi connectivity index (χ1v) is 10.7. The Kier molecular flexibility index (Phi) is 9.80. The van der Waals surface area contributed by atoms with Gasteiger partial charge in [-0.3, -0.25) is 14.9 Å². The Hall–Kier alpha value is -2.93. The second-order valence-corrected chi connectivity index (χ2v) is 7.28. The van der Waals surface area contributed by atoms with Gasteiger partial charge in [-0.25, -0.2) is 0 Å². The highest BCUT2D eigenvalue weighted by Crippen LogP contribution is 2.16. The number of nitrogens with one attached hydrogen (secondary N) is 3. The summed E-state index contributed by atoms with van der Waals surface area (Å²) >= 11 is 5.26. The summed E-state index contributed by atoms with van der Waals surface area (Å²) in [5.74, 6) is 0.310. The van der Waals surface area contributed by atoms with E-state index in [9.17, 15) is 9.59 Å². The Bertz CT molecular complexity index is 870. The first-order chi connectivity index (χ1) is 14.5. The molecule has 0 saturated heterocycles. The fourth-order valence-corrected chi connectivity index (χ4v) is 2.85. The molecular weight excluding hydrogens is 398 g/mol. The molecule has 7 heteroatoms. The molecule has 0 fully saturated rings. The number of ether oxygens (including phenoxy) is 1. The van der Waals surface area contributed by atoms with Crippen LogP contribution in [0.25, 0.3) is 0 Å². The second-order valence-electron chi connectivity index (χ2n) is 6.87. The lowest BCUT2D eigenvalue weighted by molar-refractivity contribution is -0.116. The van der Waals surface area contributed by atoms with E-state index in [1.54, 1.807) is 36.4 Å². The van der Waals surface area contributed by atoms with Crippen molar-refractivity contribution in [1.29, 1.82) is 0 Å². The Labute approximate surface area is 183 Å². The highest BCUT2D eigenvalue weighted by molar-refractivity contribution is 7.80. The summed E-state index contributed by atoms with van der Waals surface area (Å²) in [7, 11) is 0. The van der Waals surface area contributed by atoms with Crippen LogP contribution < -0.4 is 20.7 Å². The number of hydrogen-bond donors (Lipinski definition) is 3. The Balaban J connectivity index is 1.91. The summed E-state index contributed by atoms with van der Waals surface area (Å²) in [4.78, 5) is 24.4. The lowest BCUT2D eigenvalue weighted by Crippen LogP contribution is -2.34. The van der Waals surface area contributed by atoms with Crippen LogP contribution in [0.5, 0.6) is 5.75 Å². The van der Waals surface area contributed by atoms with E-state index < -0.39 is 0 Å². The molecule has 0 bridgehead atoms. The SMILES string of the molecule is CCCCOc1cccc(C(=O)NC(=S)Nc2cccc(NC(=O)CCCC)c2)c1. The van der Waals surface area contributed by atoms with Crippen molar-refractivity contribution in [3.05, 3.63) is 54.1 Å². The van der Waals surface area contributed by atoms with E-state index in [2.05, 4.69) is 22.9 Å². The van der Waals surface area contributed by atoms with Crippen LogP contribution in [0.15, 0.2) is 48.5 Å². The third-order valence-corrected chi connectivity index (χ3v) is 4.46. The number of benzene rings is 2. The van der Waals surface area contributed by atoms with Crippen molar-refractivity contribution in [3.8, 4) is 5.75 Å². The maximum atomic E-state index is 12.5. The predicted octanol–water partition coefficient (Wildman–Crippen LogP) is 5.12. The monoisotopic (exact) mass is 427 g/mol. The summed E-state index contributed by atoms with van der Waals surface area (Å²) in [5.41, 5.74) is 1.81. The molecule has 2 aromatic carbocycles. The van der Waals surface area contributed by atoms with E-state index in [0.717, 1.165) is 25.7 Å². The van der Waals surface area contributed by atoms with E-state index in [1.807, 2.05) is 19.1 Å². The normalized spacial score (nSPS) is 10.2. The highest BCUT2D eigenvalue weighted by Gasteiger charge is 2.10. The van der Waals surface area contributed by atoms with Crippen LogP contribution in [0.2, 0.25) is 0 Å². The summed E-state index contributed by atoms with van der Waals surface area (Å²) in [6.45, 7) is 4.76. The number of amides is 2. The summed E-state index contributed by atoms with van der Waals surface area (Å²) in [6, 6.07) is 14.2. The topological polar surface area (TPSA) is 79.5 Å². The molecule has 0 aliphatic heterocycles. The van der Waals surface area contributed by atoms with E-state index >= 15 is 0 Å². The largest absolute Gasteiger partial charge is 0.494 e. The van der Waals surface area contributed by atoms with E-state index in [0.29, 0.717) is 35.7 Å². The van der Waals surface area contributed by atoms with Gasteiger partial charge in [0, 0.05) is 23.4 Å². The van der Waals surface area contributed by atoms with Gasteiger partial charge < -0.3 is 15.4 Å². The molecule has 3 N–H and O–H groups in total. The van der Waals surface area contributed by atoms with Crippen molar-refractivity contribution in [3.63, 3.8) is 0 Å². The smallest absolute Gasteiger partial charge is 0.257 e. The maximum Gasteiger partial charge on any atom is 0.257 e. The number of unbranched alkanes of at least 4 members (excludes halogenated alkanes) is 2. The molecule has 0 aliphatic rings. The van der Waals surface area contributed by atoms with Gasteiger partial charge >= 0.3 is 0 Å². The van der Waals surface area contributed by atoms with Crippen molar-refractivity contribution in [2.24, 2.45) is 0 Å². The minimum absolute atomic E-state index is 0.0223. The van der Waals surface area contributed by atoms with Crippen molar-refractivity contribution in [2.45, 2.75) is 46.0 Å². The van der Waals surface area contributed by atoms with Crippen molar-refractivity contribution in [1.82, 2.24) is 5.32 Å². The van der Waals surface area contributed by atoms with Crippen molar-refractivity contribution < 1.29 is 14.3 Å². The molecule has 0 spiro atoms. The molecule has 2 amide bonds. The lowest BCUT2D eigenvalue weighted by Gasteiger charge is -2.12. The van der Waals surface area contributed by atoms with Gasteiger partial charge in [0.2, 0.25) is 5.91 Å². The van der Waals surface area contributed by atoms with Crippen LogP contribution in [-0.4, -0.2) is 23.5 Å². The molecule has 0 aromatic heterocycles. The Morgan fingerprint density at radius 1 is 0.933 bits per heavy atom. The minimum Gasteiger partial charge on any atom is -0.494 e. The number of carbonyl (C=O) groups is 2. The minimum atomic E-state index is -0.322. The molecule has 2 aromatic rings. The third-order valence-electron chi connectivity index (χ3n) is 4.25. The molecule has 30 heavy (non-hydrogen) atoms. The standard InChI is InChI=1S/C23H29N3O3S/c1-3-5-13-21(27)24-18-10-8-11-19(16-18)25-23(30)26-22(28)17-9-7-12-20(15-17)29-14-6-4-2/h7-12,15-16H,3-6,13-14H2,1-2H3,(H,24,27)(H2,25,26,28,30). The molecule has 160 valence electrons. The van der Waals surface area contributed by atoms with Gasteiger partial charge in [0.05, 0.1) is 6.61 Å². The summed E-state index contributed by atoms with van der Waals surface area (Å²) in [5, 5.41) is 8.67. The average Bonchev–Trinajstić information content (AvgIpc) is 2.73. The van der Waals surface area contributed by atoms with Crippen LogP contribution in [0.4, 0.5) is 11.4 Å². The molecule has 2 rings (SSSR count). The van der Waals surface area contributed by atoms with Crippen LogP contribution >= 0.6 is 12.2 Å². The summed E-state index contributed by atoms with van der Waals surface area (Å²) in [6.07, 6.45) is 4.32. The lowest BCUT2D eigenvalue weighted by atomic mass is 10.2. The van der Waals surface area contributed by atoms with Crippen LogP contribution in [-0.2, 0) is 4.79 Å². The van der Waals surface area contributed by atoms with Gasteiger partial charge in [-0.05, 0) is 61.5 Å². The molecule has 0 aliphatic carbocycles. The highest BCUT2D eigenvalue weighted by atomic mass is 32.1. The Morgan fingerprint density at radius 2 is 1.63 bits per heavy atom. The average molecular weight is 428 g/mol.